The van der Waals surface area contributed by atoms with Gasteiger partial charge >= 0.3 is 6.18 Å². The molecule has 10 heteroatoms. The lowest BCUT2D eigenvalue weighted by Gasteiger charge is -2.22. The molecule has 0 aliphatic heterocycles. The predicted octanol–water partition coefficient (Wildman–Crippen LogP) is 3.23. The van der Waals surface area contributed by atoms with Crippen LogP contribution in [-0.4, -0.2) is 22.1 Å². The van der Waals surface area contributed by atoms with Crippen LogP contribution in [0.3, 0.4) is 0 Å². The van der Waals surface area contributed by atoms with Gasteiger partial charge in [0.1, 0.15) is 22.8 Å². The summed E-state index contributed by atoms with van der Waals surface area (Å²) < 4.78 is 67.7. The normalized spacial score (nSPS) is 12.8. The Kier molecular flexibility index (Phi) is 4.64. The number of amides is 1. The van der Waals surface area contributed by atoms with E-state index in [0.29, 0.717) is 12.1 Å². The van der Waals surface area contributed by atoms with Crippen LogP contribution in [0.1, 0.15) is 22.0 Å². The number of benzene rings is 1. The summed E-state index contributed by atoms with van der Waals surface area (Å²) in [6.07, 6.45) is -2.94. The first-order valence-electron chi connectivity index (χ1n) is 7.48. The Hall–Kier alpha value is -3.30. The van der Waals surface area contributed by atoms with Crippen molar-refractivity contribution in [2.24, 2.45) is 0 Å². The molecule has 3 aromatic rings. The quantitative estimate of drug-likeness (QED) is 0.682. The van der Waals surface area contributed by atoms with Gasteiger partial charge in [-0.3, -0.25) is 9.59 Å². The number of aromatic amines is 1. The second-order valence-corrected chi connectivity index (χ2v) is 5.51. The number of hydrogen-bond donors (Lipinski definition) is 2. The van der Waals surface area contributed by atoms with E-state index in [4.69, 9.17) is 0 Å². The third-order valence-electron chi connectivity index (χ3n) is 3.79. The molecule has 1 amide bonds. The van der Waals surface area contributed by atoms with Crippen LogP contribution in [0.15, 0.2) is 47.5 Å². The average Bonchev–Trinajstić information content (AvgIpc) is 2.60. The molecule has 140 valence electrons. The lowest BCUT2D eigenvalue weighted by molar-refractivity contribution is -0.156. The third kappa shape index (κ3) is 3.50. The fourth-order valence-electron chi connectivity index (χ4n) is 2.54. The number of pyridine rings is 2. The van der Waals surface area contributed by atoms with E-state index in [1.807, 2.05) is 0 Å². The summed E-state index contributed by atoms with van der Waals surface area (Å²) in [6, 6.07) is 1.93. The van der Waals surface area contributed by atoms with Gasteiger partial charge in [-0.2, -0.15) is 13.2 Å². The first-order chi connectivity index (χ1) is 12.7. The summed E-state index contributed by atoms with van der Waals surface area (Å²) in [6.45, 7) is 0. The third-order valence-corrected chi connectivity index (χ3v) is 3.79. The smallest absolute Gasteiger partial charge is 0.345 e. The fourth-order valence-corrected chi connectivity index (χ4v) is 2.54. The molecule has 5 nitrogen and oxygen atoms in total. The van der Waals surface area contributed by atoms with Crippen molar-refractivity contribution in [3.8, 4) is 0 Å². The van der Waals surface area contributed by atoms with Crippen LogP contribution < -0.4 is 10.7 Å². The maximum Gasteiger partial charge on any atom is 0.413 e. The molecule has 0 bridgehead atoms. The van der Waals surface area contributed by atoms with Crippen molar-refractivity contribution in [3.63, 3.8) is 0 Å². The van der Waals surface area contributed by atoms with E-state index >= 15 is 0 Å². The highest BCUT2D eigenvalue weighted by molar-refractivity contribution is 5.96. The Labute approximate surface area is 147 Å². The van der Waals surface area contributed by atoms with E-state index in [1.54, 1.807) is 0 Å². The van der Waals surface area contributed by atoms with E-state index in [-0.39, 0.29) is 11.0 Å². The van der Waals surface area contributed by atoms with E-state index in [2.05, 4.69) is 9.97 Å². The Morgan fingerprint density at radius 2 is 1.78 bits per heavy atom. The van der Waals surface area contributed by atoms with Crippen molar-refractivity contribution in [3.05, 3.63) is 75.7 Å². The standard InChI is InChI=1S/C17H10F5N3O2/c18-10-4-1-5-11(19)12(10)14(17(20,21)22)25-16(27)9-7-24-15-8(13(9)26)3-2-6-23-15/h1-7,14H,(H,25,27)(H,23,24,26). The van der Waals surface area contributed by atoms with Crippen LogP contribution in [0.2, 0.25) is 0 Å². The second kappa shape index (κ2) is 6.78. The molecule has 27 heavy (non-hydrogen) atoms. The van der Waals surface area contributed by atoms with E-state index in [9.17, 15) is 31.5 Å². The number of aromatic nitrogens is 2. The highest BCUT2D eigenvalue weighted by Gasteiger charge is 2.45. The summed E-state index contributed by atoms with van der Waals surface area (Å²) in [4.78, 5) is 30.9. The summed E-state index contributed by atoms with van der Waals surface area (Å²) in [5.41, 5.74) is -2.76. The maximum absolute atomic E-state index is 13.8. The number of carbonyl (C=O) groups is 1. The molecule has 1 aromatic carbocycles. The zero-order valence-corrected chi connectivity index (χ0v) is 13.3. The average molecular weight is 383 g/mol. The van der Waals surface area contributed by atoms with Crippen molar-refractivity contribution in [1.82, 2.24) is 15.3 Å². The molecule has 1 unspecified atom stereocenters. The van der Waals surface area contributed by atoms with Gasteiger partial charge in [0.15, 0.2) is 6.04 Å². The Morgan fingerprint density at radius 1 is 1.11 bits per heavy atom. The molecule has 0 fully saturated rings. The number of carbonyl (C=O) groups excluding carboxylic acids is 1. The first-order valence-corrected chi connectivity index (χ1v) is 7.48. The predicted molar refractivity (Wildman–Crippen MR) is 85.0 cm³/mol. The largest absolute Gasteiger partial charge is 0.413 e. The molecule has 0 aliphatic carbocycles. The minimum atomic E-state index is -5.20. The number of rotatable bonds is 3. The number of hydrogen-bond acceptors (Lipinski definition) is 3. The van der Waals surface area contributed by atoms with Crippen LogP contribution in [0.4, 0.5) is 22.0 Å². The van der Waals surface area contributed by atoms with Crippen molar-refractivity contribution >= 4 is 16.9 Å². The number of H-pyrrole nitrogens is 1. The summed E-state index contributed by atoms with van der Waals surface area (Å²) in [5, 5.41) is 1.47. The van der Waals surface area contributed by atoms with Gasteiger partial charge in [0.25, 0.3) is 5.91 Å². The molecular formula is C17H10F5N3O2. The van der Waals surface area contributed by atoms with Crippen LogP contribution in [0.5, 0.6) is 0 Å². The molecule has 1 atom stereocenters. The molecule has 2 N–H and O–H groups in total. The zero-order chi connectivity index (χ0) is 19.8. The van der Waals surface area contributed by atoms with Gasteiger partial charge in [-0.25, -0.2) is 13.8 Å². The molecule has 0 saturated carbocycles. The first kappa shape index (κ1) is 18.5. The minimum absolute atomic E-state index is 0.0224. The molecule has 0 spiro atoms. The lowest BCUT2D eigenvalue weighted by atomic mass is 10.0. The topological polar surface area (TPSA) is 74.8 Å². The molecule has 0 radical (unpaired) electrons. The summed E-state index contributed by atoms with van der Waals surface area (Å²) >= 11 is 0. The van der Waals surface area contributed by atoms with Crippen LogP contribution in [-0.2, 0) is 0 Å². The van der Waals surface area contributed by atoms with Crippen molar-refractivity contribution in [2.45, 2.75) is 12.2 Å². The molecule has 2 aromatic heterocycles. The van der Waals surface area contributed by atoms with Crippen molar-refractivity contribution in [1.29, 1.82) is 0 Å². The van der Waals surface area contributed by atoms with Crippen molar-refractivity contribution in [2.75, 3.05) is 0 Å². The number of halogens is 5. The highest BCUT2D eigenvalue weighted by Crippen LogP contribution is 2.35. The molecule has 3 rings (SSSR count). The molecule has 0 aliphatic rings. The van der Waals surface area contributed by atoms with Crippen molar-refractivity contribution < 1.29 is 26.7 Å². The van der Waals surface area contributed by atoms with Crippen LogP contribution in [0.25, 0.3) is 11.0 Å². The monoisotopic (exact) mass is 383 g/mol. The van der Waals surface area contributed by atoms with Gasteiger partial charge in [-0.15, -0.1) is 0 Å². The van der Waals surface area contributed by atoms with Gasteiger partial charge in [0.05, 0.1) is 10.9 Å². The van der Waals surface area contributed by atoms with Gasteiger partial charge in [0.2, 0.25) is 5.43 Å². The van der Waals surface area contributed by atoms with Crippen LogP contribution in [0, 0.1) is 11.6 Å². The van der Waals surface area contributed by atoms with Gasteiger partial charge in [-0.1, -0.05) is 6.07 Å². The van der Waals surface area contributed by atoms with E-state index in [1.165, 1.54) is 23.6 Å². The summed E-state index contributed by atoms with van der Waals surface area (Å²) in [5.74, 6) is -4.39. The number of fused-ring (bicyclic) bond motifs is 1. The summed E-state index contributed by atoms with van der Waals surface area (Å²) in [7, 11) is 0. The lowest BCUT2D eigenvalue weighted by Crippen LogP contribution is -2.40. The molecular weight excluding hydrogens is 373 g/mol. The van der Waals surface area contributed by atoms with Gasteiger partial charge in [-0.05, 0) is 24.3 Å². The maximum atomic E-state index is 13.8. The number of nitrogens with zero attached hydrogens (tertiary/aromatic N) is 1. The number of nitrogens with one attached hydrogen (secondary N) is 2. The fraction of sp³-hybridized carbons (Fsp3) is 0.118. The second-order valence-electron chi connectivity index (χ2n) is 5.51. The highest BCUT2D eigenvalue weighted by atomic mass is 19.4. The van der Waals surface area contributed by atoms with E-state index < -0.39 is 46.3 Å². The number of alkyl halides is 3. The van der Waals surface area contributed by atoms with Crippen LogP contribution >= 0.6 is 0 Å². The molecule has 0 saturated heterocycles. The van der Waals surface area contributed by atoms with E-state index in [0.717, 1.165) is 12.3 Å². The SMILES string of the molecule is O=C(NC(c1c(F)cccc1F)C(F)(F)F)c1c[nH]c2ncccc2c1=O. The Bertz CT molecular complexity index is 1060. The Morgan fingerprint density at radius 3 is 2.41 bits per heavy atom. The zero-order valence-electron chi connectivity index (χ0n) is 13.3. The Balaban J connectivity index is 2.04. The minimum Gasteiger partial charge on any atom is -0.345 e. The van der Waals surface area contributed by atoms with Gasteiger partial charge in [0, 0.05) is 12.4 Å². The molecule has 2 heterocycles. The van der Waals surface area contributed by atoms with Gasteiger partial charge < -0.3 is 10.3 Å².